The molecule has 0 heterocycles. The van der Waals surface area contributed by atoms with Gasteiger partial charge in [0.05, 0.1) is 4.92 Å². The van der Waals surface area contributed by atoms with Crippen molar-refractivity contribution >= 4 is 34.1 Å². The summed E-state index contributed by atoms with van der Waals surface area (Å²) in [6.07, 6.45) is 1.48. The lowest BCUT2D eigenvalue weighted by Gasteiger charge is -2.13. The minimum absolute atomic E-state index is 0.160. The Morgan fingerprint density at radius 1 is 1.00 bits per heavy atom. The highest BCUT2D eigenvalue weighted by atomic mass is 16.6. The number of fused-ring (bicyclic) bond motifs is 1. The van der Waals surface area contributed by atoms with Crippen molar-refractivity contribution in [2.75, 3.05) is 5.32 Å². The topological polar surface area (TPSA) is 105 Å². The maximum Gasteiger partial charge on any atom is 0.271 e. The van der Waals surface area contributed by atoms with Gasteiger partial charge in [-0.2, -0.15) is 5.26 Å². The van der Waals surface area contributed by atoms with Gasteiger partial charge in [-0.25, -0.2) is 0 Å². The first-order chi connectivity index (χ1) is 16.5. The molecule has 0 saturated heterocycles. The molecular weight excluding hydrogens is 430 g/mol. The van der Waals surface area contributed by atoms with Crippen LogP contribution in [0.3, 0.4) is 0 Å². The van der Waals surface area contributed by atoms with Gasteiger partial charge in [0, 0.05) is 23.4 Å². The first-order valence-electron chi connectivity index (χ1n) is 10.4. The zero-order valence-corrected chi connectivity index (χ0v) is 18.0. The highest BCUT2D eigenvalue weighted by Crippen LogP contribution is 2.31. The van der Waals surface area contributed by atoms with E-state index in [-0.39, 0.29) is 16.9 Å². The minimum Gasteiger partial charge on any atom is -0.488 e. The van der Waals surface area contributed by atoms with Crippen LogP contribution in [-0.2, 0) is 11.4 Å². The lowest BCUT2D eigenvalue weighted by atomic mass is 10.0. The van der Waals surface area contributed by atoms with E-state index >= 15 is 0 Å². The molecule has 0 bridgehead atoms. The van der Waals surface area contributed by atoms with Crippen molar-refractivity contribution in [3.63, 3.8) is 0 Å². The fraction of sp³-hybridized carbons (Fsp3) is 0.0370. The van der Waals surface area contributed by atoms with E-state index < -0.39 is 10.8 Å². The molecule has 0 saturated carbocycles. The largest absolute Gasteiger partial charge is 0.488 e. The van der Waals surface area contributed by atoms with Gasteiger partial charge < -0.3 is 10.1 Å². The van der Waals surface area contributed by atoms with Gasteiger partial charge in [-0.05, 0) is 34.5 Å². The third kappa shape index (κ3) is 5.09. The average Bonchev–Trinajstić information content (AvgIpc) is 2.87. The van der Waals surface area contributed by atoms with Crippen molar-refractivity contribution in [1.82, 2.24) is 0 Å². The van der Waals surface area contributed by atoms with Crippen LogP contribution in [0.1, 0.15) is 11.1 Å². The molecular formula is C27H19N3O4. The molecule has 7 nitrogen and oxygen atoms in total. The number of carbonyl (C=O) groups excluding carboxylic acids is 1. The molecule has 4 aromatic carbocycles. The number of nitro groups is 1. The van der Waals surface area contributed by atoms with Gasteiger partial charge in [0.15, 0.2) is 0 Å². The molecule has 1 N–H and O–H groups in total. The number of rotatable bonds is 7. The molecule has 0 atom stereocenters. The molecule has 4 aromatic rings. The number of nitrogens with one attached hydrogen (secondary N) is 1. The van der Waals surface area contributed by atoms with E-state index in [1.165, 1.54) is 30.3 Å². The summed E-state index contributed by atoms with van der Waals surface area (Å²) in [6.45, 7) is 0.321. The van der Waals surface area contributed by atoms with Crippen molar-refractivity contribution in [3.05, 3.63) is 118 Å². The van der Waals surface area contributed by atoms with Crippen LogP contribution in [0.2, 0.25) is 0 Å². The second-order valence-electron chi connectivity index (χ2n) is 7.40. The standard InChI is InChI=1S/C27H19N3O4/c28-17-21(27(31)29-22-10-6-11-23(16-22)30(32)33)15-25-24-12-5-4-9-20(24)13-14-26(25)34-18-19-7-2-1-3-8-19/h1-16H,18H2,(H,29,31)/b21-15+. The fourth-order valence-corrected chi connectivity index (χ4v) is 3.47. The molecule has 0 aromatic heterocycles. The number of carbonyl (C=O) groups is 1. The molecule has 0 aliphatic heterocycles. The number of nitro benzene ring substituents is 1. The van der Waals surface area contributed by atoms with Gasteiger partial charge in [-0.1, -0.05) is 66.7 Å². The first-order valence-corrected chi connectivity index (χ1v) is 10.4. The Morgan fingerprint density at radius 3 is 2.53 bits per heavy atom. The van der Waals surface area contributed by atoms with Gasteiger partial charge in [0.25, 0.3) is 11.6 Å². The van der Waals surface area contributed by atoms with Gasteiger partial charge in [0.2, 0.25) is 0 Å². The van der Waals surface area contributed by atoms with E-state index in [1.807, 2.05) is 72.8 Å². The number of ether oxygens (including phenoxy) is 1. The van der Waals surface area contributed by atoms with Gasteiger partial charge >= 0.3 is 0 Å². The highest BCUT2D eigenvalue weighted by Gasteiger charge is 2.15. The molecule has 7 heteroatoms. The van der Waals surface area contributed by atoms with Crippen LogP contribution in [-0.4, -0.2) is 10.8 Å². The van der Waals surface area contributed by atoms with Crippen molar-refractivity contribution in [1.29, 1.82) is 5.26 Å². The molecule has 4 rings (SSSR count). The van der Waals surface area contributed by atoms with Gasteiger partial charge in [-0.3, -0.25) is 14.9 Å². The predicted molar refractivity (Wildman–Crippen MR) is 130 cm³/mol. The summed E-state index contributed by atoms with van der Waals surface area (Å²) in [5.41, 5.74) is 1.48. The maximum absolute atomic E-state index is 12.8. The third-order valence-electron chi connectivity index (χ3n) is 5.14. The van der Waals surface area contributed by atoms with Crippen LogP contribution in [0.15, 0.2) is 96.6 Å². The normalized spacial score (nSPS) is 11.0. The van der Waals surface area contributed by atoms with E-state index in [0.717, 1.165) is 16.3 Å². The Kier molecular flexibility index (Phi) is 6.61. The second kappa shape index (κ2) is 10.1. The summed E-state index contributed by atoms with van der Waals surface area (Å²) in [5, 5.41) is 25.0. The summed E-state index contributed by atoms with van der Waals surface area (Å²) in [4.78, 5) is 23.3. The lowest BCUT2D eigenvalue weighted by molar-refractivity contribution is -0.384. The van der Waals surface area contributed by atoms with Crippen LogP contribution in [0.4, 0.5) is 11.4 Å². The molecule has 0 aliphatic rings. The number of amides is 1. The molecule has 0 radical (unpaired) electrons. The predicted octanol–water partition coefficient (Wildman–Crippen LogP) is 5.87. The van der Waals surface area contributed by atoms with Crippen LogP contribution in [0, 0.1) is 21.4 Å². The smallest absolute Gasteiger partial charge is 0.271 e. The lowest BCUT2D eigenvalue weighted by Crippen LogP contribution is -2.13. The van der Waals surface area contributed by atoms with E-state index in [9.17, 15) is 20.2 Å². The van der Waals surface area contributed by atoms with Gasteiger partial charge in [0.1, 0.15) is 24.0 Å². The van der Waals surface area contributed by atoms with E-state index in [0.29, 0.717) is 17.9 Å². The summed E-state index contributed by atoms with van der Waals surface area (Å²) in [7, 11) is 0. The fourth-order valence-electron chi connectivity index (χ4n) is 3.47. The number of non-ortho nitro benzene ring substituents is 1. The summed E-state index contributed by atoms with van der Waals surface area (Å²) in [5.74, 6) is -0.150. The minimum atomic E-state index is -0.676. The van der Waals surface area contributed by atoms with Crippen LogP contribution in [0.5, 0.6) is 5.75 Å². The van der Waals surface area contributed by atoms with E-state index in [1.54, 1.807) is 0 Å². The highest BCUT2D eigenvalue weighted by molar-refractivity contribution is 6.11. The third-order valence-corrected chi connectivity index (χ3v) is 5.14. The Labute approximate surface area is 195 Å². The van der Waals surface area contributed by atoms with Crippen molar-refractivity contribution in [3.8, 4) is 11.8 Å². The number of hydrogen-bond donors (Lipinski definition) is 1. The average molecular weight is 449 g/mol. The second-order valence-corrected chi connectivity index (χ2v) is 7.40. The zero-order valence-electron chi connectivity index (χ0n) is 18.0. The zero-order chi connectivity index (χ0) is 23.9. The van der Waals surface area contributed by atoms with E-state index in [2.05, 4.69) is 5.32 Å². The number of nitrogens with zero attached hydrogens (tertiary/aromatic N) is 2. The number of anilines is 1. The molecule has 1 amide bonds. The molecule has 166 valence electrons. The molecule has 0 fully saturated rings. The van der Waals surface area contributed by atoms with Gasteiger partial charge in [-0.15, -0.1) is 0 Å². The van der Waals surface area contributed by atoms with Crippen LogP contribution >= 0.6 is 0 Å². The van der Waals surface area contributed by atoms with Crippen molar-refractivity contribution in [2.45, 2.75) is 6.61 Å². The quantitative estimate of drug-likeness (QED) is 0.164. The Hall–Kier alpha value is -4.96. The van der Waals surface area contributed by atoms with E-state index in [4.69, 9.17) is 4.74 Å². The van der Waals surface area contributed by atoms with Crippen LogP contribution < -0.4 is 10.1 Å². The first kappa shape index (κ1) is 22.2. The molecule has 0 aliphatic carbocycles. The SMILES string of the molecule is N#C/C(=C\c1c(OCc2ccccc2)ccc2ccccc12)C(=O)Nc1cccc([N+](=O)[O-])c1. The number of benzene rings is 4. The summed E-state index contributed by atoms with van der Waals surface area (Å²) >= 11 is 0. The Bertz CT molecular complexity index is 1440. The Morgan fingerprint density at radius 2 is 1.76 bits per heavy atom. The molecule has 0 spiro atoms. The summed E-state index contributed by atoms with van der Waals surface area (Å²) < 4.78 is 6.06. The molecule has 0 unspecified atom stereocenters. The van der Waals surface area contributed by atoms with Crippen LogP contribution in [0.25, 0.3) is 16.8 Å². The summed E-state index contributed by atoms with van der Waals surface area (Å²) in [6, 6.07) is 28.5. The Balaban J connectivity index is 1.69. The number of nitriles is 1. The monoisotopic (exact) mass is 449 g/mol. The number of hydrogen-bond acceptors (Lipinski definition) is 5. The molecule has 34 heavy (non-hydrogen) atoms. The maximum atomic E-state index is 12.8. The van der Waals surface area contributed by atoms with Crippen molar-refractivity contribution in [2.24, 2.45) is 0 Å². The van der Waals surface area contributed by atoms with Crippen molar-refractivity contribution < 1.29 is 14.5 Å².